The number of aromatic nitrogens is 2. The highest BCUT2D eigenvalue weighted by molar-refractivity contribution is 6.05. The van der Waals surface area contributed by atoms with E-state index >= 15 is 0 Å². The van der Waals surface area contributed by atoms with Crippen LogP contribution in [0.25, 0.3) is 22.1 Å². The van der Waals surface area contributed by atoms with Crippen LogP contribution in [0, 0.1) is 6.92 Å². The Kier molecular flexibility index (Phi) is 3.00. The van der Waals surface area contributed by atoms with Crippen molar-refractivity contribution in [1.82, 2.24) is 9.97 Å². The second-order valence-corrected chi connectivity index (χ2v) is 5.28. The highest BCUT2D eigenvalue weighted by Gasteiger charge is 2.12. The van der Waals surface area contributed by atoms with E-state index in [4.69, 9.17) is 4.42 Å². The minimum atomic E-state index is 0.704. The lowest BCUT2D eigenvalue weighted by Gasteiger charge is -2.08. The molecule has 2 aromatic heterocycles. The van der Waals surface area contributed by atoms with Gasteiger partial charge in [-0.25, -0.2) is 9.97 Å². The molecule has 0 amide bonds. The van der Waals surface area contributed by atoms with Crippen LogP contribution in [-0.4, -0.2) is 9.97 Å². The van der Waals surface area contributed by atoms with Crippen molar-refractivity contribution in [3.05, 3.63) is 66.0 Å². The lowest BCUT2D eigenvalue weighted by Crippen LogP contribution is -2.03. The van der Waals surface area contributed by atoms with E-state index in [-0.39, 0.29) is 0 Å². The van der Waals surface area contributed by atoms with E-state index in [1.165, 1.54) is 11.1 Å². The summed E-state index contributed by atoms with van der Waals surface area (Å²) in [6, 6.07) is 16.2. The van der Waals surface area contributed by atoms with E-state index in [0.29, 0.717) is 12.1 Å². The smallest absolute Gasteiger partial charge is 0.196 e. The highest BCUT2D eigenvalue weighted by Crippen LogP contribution is 2.30. The third-order valence-electron chi connectivity index (χ3n) is 3.87. The predicted octanol–water partition coefficient (Wildman–Crippen LogP) is 4.30. The van der Waals surface area contributed by atoms with Crippen LogP contribution in [0.4, 0.5) is 5.82 Å². The lowest BCUT2D eigenvalue weighted by molar-refractivity contribution is 0.666. The minimum absolute atomic E-state index is 0.704. The number of aryl methyl sites for hydroxylation is 1. The molecular formula is C18H15N3O. The van der Waals surface area contributed by atoms with Gasteiger partial charge in [0.15, 0.2) is 11.4 Å². The maximum Gasteiger partial charge on any atom is 0.196 e. The average Bonchev–Trinajstić information content (AvgIpc) is 2.93. The highest BCUT2D eigenvalue weighted by atomic mass is 16.3. The lowest BCUT2D eigenvalue weighted by atomic mass is 10.1. The van der Waals surface area contributed by atoms with Gasteiger partial charge in [-0.1, -0.05) is 36.4 Å². The number of fused-ring (bicyclic) bond motifs is 3. The number of rotatable bonds is 3. The molecule has 4 heteroatoms. The fraction of sp³-hybridized carbons (Fsp3) is 0.111. The molecule has 0 atom stereocenters. The van der Waals surface area contributed by atoms with Gasteiger partial charge in [-0.05, 0) is 30.2 Å². The molecule has 0 aliphatic rings. The van der Waals surface area contributed by atoms with E-state index < -0.39 is 0 Å². The molecule has 1 N–H and O–H groups in total. The largest absolute Gasteiger partial charge is 0.450 e. The Bertz CT molecular complexity index is 959. The van der Waals surface area contributed by atoms with E-state index in [1.54, 1.807) is 6.33 Å². The van der Waals surface area contributed by atoms with Crippen molar-refractivity contribution in [2.75, 3.05) is 5.32 Å². The van der Waals surface area contributed by atoms with Crippen LogP contribution < -0.4 is 5.32 Å². The topological polar surface area (TPSA) is 51.0 Å². The number of para-hydroxylation sites is 1. The number of benzene rings is 2. The van der Waals surface area contributed by atoms with Crippen molar-refractivity contribution in [3.63, 3.8) is 0 Å². The molecule has 0 spiro atoms. The molecule has 0 radical (unpaired) electrons. The average molecular weight is 289 g/mol. The Balaban J connectivity index is 1.74. The third-order valence-corrected chi connectivity index (χ3v) is 3.87. The van der Waals surface area contributed by atoms with Gasteiger partial charge in [-0.15, -0.1) is 0 Å². The van der Waals surface area contributed by atoms with Gasteiger partial charge in [0, 0.05) is 11.9 Å². The van der Waals surface area contributed by atoms with Gasteiger partial charge in [0.05, 0.1) is 0 Å². The second-order valence-electron chi connectivity index (χ2n) is 5.28. The van der Waals surface area contributed by atoms with Gasteiger partial charge < -0.3 is 9.73 Å². The van der Waals surface area contributed by atoms with E-state index in [1.807, 2.05) is 36.4 Å². The molecule has 108 valence electrons. The van der Waals surface area contributed by atoms with Gasteiger partial charge >= 0.3 is 0 Å². The van der Waals surface area contributed by atoms with Gasteiger partial charge in [-0.3, -0.25) is 0 Å². The van der Waals surface area contributed by atoms with Crippen LogP contribution >= 0.6 is 0 Å². The first kappa shape index (κ1) is 12.8. The monoisotopic (exact) mass is 289 g/mol. The summed E-state index contributed by atoms with van der Waals surface area (Å²) in [6.07, 6.45) is 1.57. The van der Waals surface area contributed by atoms with Gasteiger partial charge in [0.2, 0.25) is 0 Å². The molecule has 4 nitrogen and oxygen atoms in total. The molecule has 0 fully saturated rings. The van der Waals surface area contributed by atoms with Crippen molar-refractivity contribution in [1.29, 1.82) is 0 Å². The van der Waals surface area contributed by atoms with Gasteiger partial charge in [0.25, 0.3) is 0 Å². The molecule has 0 unspecified atom stereocenters. The molecule has 4 aromatic rings. The van der Waals surface area contributed by atoms with Crippen LogP contribution in [0.1, 0.15) is 11.1 Å². The van der Waals surface area contributed by atoms with Crippen molar-refractivity contribution in [2.24, 2.45) is 0 Å². The Morgan fingerprint density at radius 1 is 1.00 bits per heavy atom. The van der Waals surface area contributed by atoms with Gasteiger partial charge in [0.1, 0.15) is 17.4 Å². The maximum absolute atomic E-state index is 5.91. The fourth-order valence-corrected chi connectivity index (χ4v) is 2.64. The number of nitrogens with zero attached hydrogens (tertiary/aromatic N) is 2. The summed E-state index contributed by atoms with van der Waals surface area (Å²) >= 11 is 0. The Hall–Kier alpha value is -2.88. The second kappa shape index (κ2) is 5.15. The van der Waals surface area contributed by atoms with Crippen molar-refractivity contribution in [2.45, 2.75) is 13.5 Å². The molecule has 0 bridgehead atoms. The number of furan rings is 1. The summed E-state index contributed by atoms with van der Waals surface area (Å²) in [4.78, 5) is 8.69. The third kappa shape index (κ3) is 2.09. The number of anilines is 1. The van der Waals surface area contributed by atoms with Crippen molar-refractivity contribution in [3.8, 4) is 0 Å². The minimum Gasteiger partial charge on any atom is -0.450 e. The zero-order valence-electron chi connectivity index (χ0n) is 12.2. The van der Waals surface area contributed by atoms with Gasteiger partial charge in [-0.2, -0.15) is 0 Å². The molecule has 0 aliphatic heterocycles. The molecular weight excluding hydrogens is 274 g/mol. The first-order valence-corrected chi connectivity index (χ1v) is 7.23. The summed E-state index contributed by atoms with van der Waals surface area (Å²) in [5.41, 5.74) is 4.88. The van der Waals surface area contributed by atoms with Crippen LogP contribution in [0.3, 0.4) is 0 Å². The molecule has 22 heavy (non-hydrogen) atoms. The first-order valence-electron chi connectivity index (χ1n) is 7.23. The first-order chi connectivity index (χ1) is 10.8. The standard InChI is InChI=1S/C18H15N3O/c1-12-6-2-3-7-13(12)10-19-18-17-16(20-11-21-18)14-8-4-5-9-15(14)22-17/h2-9,11H,10H2,1H3,(H,19,20,21). The van der Waals surface area contributed by atoms with E-state index in [9.17, 15) is 0 Å². The van der Waals surface area contributed by atoms with Crippen LogP contribution in [-0.2, 0) is 6.54 Å². The number of nitrogens with one attached hydrogen (secondary N) is 1. The summed E-state index contributed by atoms with van der Waals surface area (Å²) in [5, 5.41) is 4.37. The summed E-state index contributed by atoms with van der Waals surface area (Å²) < 4.78 is 5.91. The Morgan fingerprint density at radius 2 is 1.82 bits per heavy atom. The zero-order valence-corrected chi connectivity index (χ0v) is 12.2. The van der Waals surface area contributed by atoms with E-state index in [2.05, 4.69) is 34.3 Å². The molecule has 0 aliphatic carbocycles. The van der Waals surface area contributed by atoms with Crippen molar-refractivity contribution < 1.29 is 4.42 Å². The SMILES string of the molecule is Cc1ccccc1CNc1ncnc2c1oc1ccccc12. The predicted molar refractivity (Wildman–Crippen MR) is 87.8 cm³/mol. The fourth-order valence-electron chi connectivity index (χ4n) is 2.64. The summed E-state index contributed by atoms with van der Waals surface area (Å²) in [6.45, 7) is 2.81. The van der Waals surface area contributed by atoms with Crippen LogP contribution in [0.5, 0.6) is 0 Å². The summed E-state index contributed by atoms with van der Waals surface area (Å²) in [5.74, 6) is 0.726. The molecule has 2 heterocycles. The van der Waals surface area contributed by atoms with E-state index in [0.717, 1.165) is 22.3 Å². The van der Waals surface area contributed by atoms with Crippen molar-refractivity contribution >= 4 is 27.9 Å². The Morgan fingerprint density at radius 3 is 2.73 bits per heavy atom. The molecule has 0 saturated carbocycles. The normalized spacial score (nSPS) is 11.1. The molecule has 0 saturated heterocycles. The number of hydrogen-bond donors (Lipinski definition) is 1. The van der Waals surface area contributed by atoms with Crippen LogP contribution in [0.15, 0.2) is 59.3 Å². The summed E-state index contributed by atoms with van der Waals surface area (Å²) in [7, 11) is 0. The Labute approximate surface area is 127 Å². The zero-order chi connectivity index (χ0) is 14.9. The molecule has 4 rings (SSSR count). The maximum atomic E-state index is 5.91. The van der Waals surface area contributed by atoms with Crippen LogP contribution in [0.2, 0.25) is 0 Å². The quantitative estimate of drug-likeness (QED) is 0.611. The number of hydrogen-bond acceptors (Lipinski definition) is 4. The molecule has 2 aromatic carbocycles.